The summed E-state index contributed by atoms with van der Waals surface area (Å²) >= 11 is 6.75. The van der Waals surface area contributed by atoms with Crippen LogP contribution in [0.5, 0.6) is 0 Å². The van der Waals surface area contributed by atoms with E-state index in [0.29, 0.717) is 17.6 Å². The molecule has 1 heterocycles. The molecule has 0 saturated carbocycles. The van der Waals surface area contributed by atoms with E-state index in [-0.39, 0.29) is 4.99 Å². The fourth-order valence-electron chi connectivity index (χ4n) is 1.22. The first-order valence-corrected chi connectivity index (χ1v) is 6.81. The van der Waals surface area contributed by atoms with Crippen LogP contribution < -0.4 is 11.1 Å². The van der Waals surface area contributed by atoms with Gasteiger partial charge in [-0.05, 0) is 25.4 Å². The number of thiocarbonyl (C=S) groups is 1. The van der Waals surface area contributed by atoms with E-state index in [2.05, 4.69) is 28.5 Å². The molecule has 1 aromatic heterocycles. The standard InChI is InChI=1S/C10H16N4S2/c1-7(3-6-16-2)14-10-8(9(11)15)12-4-5-13-10/h4-5,7H,3,6H2,1-2H3,(H2,11,15)(H,13,14). The molecule has 0 spiro atoms. The fraction of sp³-hybridized carbons (Fsp3) is 0.500. The SMILES string of the molecule is CSCCC(C)Nc1nccnc1C(N)=S. The smallest absolute Gasteiger partial charge is 0.155 e. The molecule has 0 aliphatic rings. The Morgan fingerprint density at radius 3 is 2.88 bits per heavy atom. The van der Waals surface area contributed by atoms with Gasteiger partial charge in [0.2, 0.25) is 0 Å². The van der Waals surface area contributed by atoms with Gasteiger partial charge in [-0.1, -0.05) is 12.2 Å². The van der Waals surface area contributed by atoms with E-state index >= 15 is 0 Å². The zero-order valence-electron chi connectivity index (χ0n) is 9.43. The summed E-state index contributed by atoms with van der Waals surface area (Å²) < 4.78 is 0. The van der Waals surface area contributed by atoms with Crippen molar-refractivity contribution in [1.82, 2.24) is 9.97 Å². The molecule has 0 aliphatic heterocycles. The number of hydrogen-bond donors (Lipinski definition) is 2. The molecule has 1 unspecified atom stereocenters. The molecule has 16 heavy (non-hydrogen) atoms. The molecule has 3 N–H and O–H groups in total. The van der Waals surface area contributed by atoms with Crippen LogP contribution >= 0.6 is 24.0 Å². The Morgan fingerprint density at radius 2 is 2.25 bits per heavy atom. The summed E-state index contributed by atoms with van der Waals surface area (Å²) in [5.41, 5.74) is 6.14. The highest BCUT2D eigenvalue weighted by Gasteiger charge is 2.10. The summed E-state index contributed by atoms with van der Waals surface area (Å²) in [6, 6.07) is 0.331. The van der Waals surface area contributed by atoms with Crippen LogP contribution in [0.15, 0.2) is 12.4 Å². The molecule has 0 radical (unpaired) electrons. The van der Waals surface area contributed by atoms with E-state index in [0.717, 1.165) is 12.2 Å². The van der Waals surface area contributed by atoms with Crippen molar-refractivity contribution in [2.75, 3.05) is 17.3 Å². The number of aromatic nitrogens is 2. The molecule has 88 valence electrons. The molecule has 1 atom stereocenters. The number of hydrogen-bond acceptors (Lipinski definition) is 5. The number of nitrogens with zero attached hydrogens (tertiary/aromatic N) is 2. The fourth-order valence-corrected chi connectivity index (χ4v) is 1.96. The average molecular weight is 256 g/mol. The Bertz CT molecular complexity index is 356. The van der Waals surface area contributed by atoms with Crippen LogP contribution in [0.4, 0.5) is 5.82 Å². The van der Waals surface area contributed by atoms with Gasteiger partial charge in [0.25, 0.3) is 0 Å². The predicted octanol–water partition coefficient (Wildman–Crippen LogP) is 1.66. The number of rotatable bonds is 6. The van der Waals surface area contributed by atoms with Crippen LogP contribution in [0.2, 0.25) is 0 Å². The van der Waals surface area contributed by atoms with E-state index in [4.69, 9.17) is 18.0 Å². The second-order valence-corrected chi connectivity index (χ2v) is 4.87. The molecule has 1 aromatic rings. The molecule has 6 heteroatoms. The van der Waals surface area contributed by atoms with Crippen LogP contribution in [0.1, 0.15) is 19.0 Å². The van der Waals surface area contributed by atoms with Crippen molar-refractivity contribution in [2.45, 2.75) is 19.4 Å². The molecule has 0 bridgehead atoms. The van der Waals surface area contributed by atoms with Gasteiger partial charge in [-0.25, -0.2) is 9.97 Å². The van der Waals surface area contributed by atoms with Crippen molar-refractivity contribution in [3.05, 3.63) is 18.1 Å². The third-order valence-electron chi connectivity index (χ3n) is 2.07. The Hall–Kier alpha value is -0.880. The molecule has 0 aromatic carbocycles. The quantitative estimate of drug-likeness (QED) is 0.755. The zero-order chi connectivity index (χ0) is 12.0. The van der Waals surface area contributed by atoms with Crippen molar-refractivity contribution in [3.8, 4) is 0 Å². The van der Waals surface area contributed by atoms with Gasteiger partial charge in [-0.15, -0.1) is 0 Å². The first-order valence-electron chi connectivity index (χ1n) is 5.01. The van der Waals surface area contributed by atoms with Crippen molar-refractivity contribution in [3.63, 3.8) is 0 Å². The lowest BCUT2D eigenvalue weighted by atomic mass is 10.2. The Kier molecular flexibility index (Phi) is 5.48. The molecule has 0 saturated heterocycles. The second kappa shape index (κ2) is 6.65. The van der Waals surface area contributed by atoms with Gasteiger partial charge in [-0.2, -0.15) is 11.8 Å². The molecular formula is C10H16N4S2. The lowest BCUT2D eigenvalue weighted by Crippen LogP contribution is -2.22. The maximum Gasteiger partial charge on any atom is 0.155 e. The van der Waals surface area contributed by atoms with Gasteiger partial charge in [0.05, 0.1) is 0 Å². The van der Waals surface area contributed by atoms with E-state index in [1.54, 1.807) is 12.4 Å². The van der Waals surface area contributed by atoms with Gasteiger partial charge in [0.1, 0.15) is 10.7 Å². The topological polar surface area (TPSA) is 63.8 Å². The van der Waals surface area contributed by atoms with E-state index < -0.39 is 0 Å². The number of anilines is 1. The van der Waals surface area contributed by atoms with Gasteiger partial charge < -0.3 is 11.1 Å². The molecule has 0 aliphatic carbocycles. The summed E-state index contributed by atoms with van der Waals surface area (Å²) in [5, 5.41) is 3.27. The number of nitrogens with one attached hydrogen (secondary N) is 1. The minimum Gasteiger partial charge on any atom is -0.388 e. The van der Waals surface area contributed by atoms with Crippen molar-refractivity contribution in [2.24, 2.45) is 5.73 Å². The average Bonchev–Trinajstić information content (AvgIpc) is 2.27. The van der Waals surface area contributed by atoms with Crippen LogP contribution in [0.3, 0.4) is 0 Å². The van der Waals surface area contributed by atoms with Crippen LogP contribution in [-0.2, 0) is 0 Å². The van der Waals surface area contributed by atoms with Crippen molar-refractivity contribution in [1.29, 1.82) is 0 Å². The third-order valence-corrected chi connectivity index (χ3v) is 2.91. The van der Waals surface area contributed by atoms with Crippen LogP contribution in [0.25, 0.3) is 0 Å². The first-order chi connectivity index (χ1) is 7.65. The lowest BCUT2D eigenvalue weighted by molar-refractivity contribution is 0.765. The maximum atomic E-state index is 5.58. The number of nitrogens with two attached hydrogens (primary N) is 1. The van der Waals surface area contributed by atoms with Gasteiger partial charge in [0.15, 0.2) is 5.82 Å². The summed E-state index contributed by atoms with van der Waals surface area (Å²) in [4.78, 5) is 8.59. The Balaban J connectivity index is 2.69. The third kappa shape index (κ3) is 3.94. The Morgan fingerprint density at radius 1 is 1.56 bits per heavy atom. The lowest BCUT2D eigenvalue weighted by Gasteiger charge is -2.15. The highest BCUT2D eigenvalue weighted by atomic mass is 32.2. The zero-order valence-corrected chi connectivity index (χ0v) is 11.1. The first kappa shape index (κ1) is 13.2. The highest BCUT2D eigenvalue weighted by molar-refractivity contribution is 7.98. The Labute approximate surface area is 105 Å². The largest absolute Gasteiger partial charge is 0.388 e. The van der Waals surface area contributed by atoms with Crippen molar-refractivity contribution < 1.29 is 0 Å². The van der Waals surface area contributed by atoms with Gasteiger partial charge in [0, 0.05) is 18.4 Å². The minimum atomic E-state index is 0.271. The summed E-state index contributed by atoms with van der Waals surface area (Å²) in [7, 11) is 0. The summed E-state index contributed by atoms with van der Waals surface area (Å²) in [5.74, 6) is 1.78. The van der Waals surface area contributed by atoms with Crippen molar-refractivity contribution >= 4 is 34.8 Å². The molecule has 0 amide bonds. The minimum absolute atomic E-state index is 0.271. The molecule has 0 fully saturated rings. The summed E-state index contributed by atoms with van der Waals surface area (Å²) in [6.07, 6.45) is 6.38. The highest BCUT2D eigenvalue weighted by Crippen LogP contribution is 2.11. The normalized spacial score (nSPS) is 12.1. The van der Waals surface area contributed by atoms with Gasteiger partial charge >= 0.3 is 0 Å². The monoisotopic (exact) mass is 256 g/mol. The summed E-state index contributed by atoms with van der Waals surface area (Å²) in [6.45, 7) is 2.11. The van der Waals surface area contributed by atoms with Crippen LogP contribution in [0, 0.1) is 0 Å². The molecule has 4 nitrogen and oxygen atoms in total. The van der Waals surface area contributed by atoms with E-state index in [9.17, 15) is 0 Å². The van der Waals surface area contributed by atoms with Crippen LogP contribution in [-0.4, -0.2) is 33.0 Å². The second-order valence-electron chi connectivity index (χ2n) is 3.44. The van der Waals surface area contributed by atoms with E-state index in [1.165, 1.54) is 0 Å². The molecular weight excluding hydrogens is 240 g/mol. The van der Waals surface area contributed by atoms with Gasteiger partial charge in [-0.3, -0.25) is 0 Å². The molecule has 1 rings (SSSR count). The number of thioether (sulfide) groups is 1. The van der Waals surface area contributed by atoms with E-state index in [1.807, 2.05) is 11.8 Å². The predicted molar refractivity (Wildman–Crippen MR) is 74.0 cm³/mol. The maximum absolute atomic E-state index is 5.58.